The summed E-state index contributed by atoms with van der Waals surface area (Å²) in [6, 6.07) is 11.2. The Hall–Kier alpha value is -3.23. The molecule has 32 heavy (non-hydrogen) atoms. The summed E-state index contributed by atoms with van der Waals surface area (Å²) < 4.78 is 1.72. The monoisotopic (exact) mass is 469 g/mol. The number of fused-ring (bicyclic) bond motifs is 2. The van der Waals surface area contributed by atoms with Crippen LogP contribution in [0.1, 0.15) is 24.1 Å². The van der Waals surface area contributed by atoms with Crippen LogP contribution in [0.2, 0.25) is 10.0 Å². The average Bonchev–Trinajstić information content (AvgIpc) is 3.40. The molecule has 2 unspecified atom stereocenters. The van der Waals surface area contributed by atoms with Gasteiger partial charge in [-0.05, 0) is 42.7 Å². The van der Waals surface area contributed by atoms with Crippen LogP contribution < -0.4 is 4.90 Å². The van der Waals surface area contributed by atoms with E-state index in [-0.39, 0.29) is 11.6 Å². The highest BCUT2D eigenvalue weighted by Crippen LogP contribution is 2.41. The first-order valence-corrected chi connectivity index (χ1v) is 10.7. The normalized spacial score (nSPS) is 19.3. The molecule has 0 saturated carbocycles. The van der Waals surface area contributed by atoms with E-state index in [4.69, 9.17) is 23.2 Å². The first-order valence-electron chi connectivity index (χ1n) is 9.97. The molecule has 0 aliphatic carbocycles. The Balaban J connectivity index is 1.58. The van der Waals surface area contributed by atoms with Crippen LogP contribution in [0.4, 0.5) is 17.2 Å². The number of rotatable bonds is 3. The van der Waals surface area contributed by atoms with Crippen LogP contribution in [0.25, 0.3) is 0 Å². The topological polar surface area (TPSA) is 93.6 Å². The van der Waals surface area contributed by atoms with Crippen LogP contribution in [0.15, 0.2) is 53.7 Å². The lowest BCUT2D eigenvalue weighted by Gasteiger charge is -2.34. The number of carbonyl (C=O) groups is 1. The largest absolute Gasteiger partial charge is 0.311 e. The fourth-order valence-electron chi connectivity index (χ4n) is 4.47. The van der Waals surface area contributed by atoms with Gasteiger partial charge in [0.1, 0.15) is 5.92 Å². The molecule has 0 N–H and O–H groups in total. The molecule has 0 radical (unpaired) electrons. The summed E-state index contributed by atoms with van der Waals surface area (Å²) in [6.07, 6.45) is 2.20. The third-order valence-electron chi connectivity index (χ3n) is 5.96. The van der Waals surface area contributed by atoms with Crippen LogP contribution in [-0.4, -0.2) is 32.9 Å². The lowest BCUT2D eigenvalue weighted by molar-refractivity contribution is -0.384. The third kappa shape index (κ3) is 3.27. The summed E-state index contributed by atoms with van der Waals surface area (Å²) in [5, 5.41) is 16.4. The number of halogens is 2. The Morgan fingerprint density at radius 1 is 1.16 bits per heavy atom. The Labute approximate surface area is 193 Å². The average molecular weight is 470 g/mol. The maximum absolute atomic E-state index is 13.9. The van der Waals surface area contributed by atoms with Crippen molar-refractivity contribution in [3.63, 3.8) is 0 Å². The summed E-state index contributed by atoms with van der Waals surface area (Å²) in [5.41, 5.74) is 2.94. The van der Waals surface area contributed by atoms with Crippen LogP contribution >= 0.6 is 23.2 Å². The van der Waals surface area contributed by atoms with E-state index >= 15 is 0 Å². The van der Waals surface area contributed by atoms with E-state index in [1.165, 1.54) is 12.1 Å². The number of non-ortho nitro benzene ring substituents is 1. The van der Waals surface area contributed by atoms with Crippen molar-refractivity contribution in [3.05, 3.63) is 79.9 Å². The Morgan fingerprint density at radius 3 is 2.72 bits per heavy atom. The molecular formula is C22H17Cl2N5O3. The molecule has 2 atom stereocenters. The number of amides is 1. The van der Waals surface area contributed by atoms with Crippen molar-refractivity contribution in [3.8, 4) is 0 Å². The van der Waals surface area contributed by atoms with Crippen molar-refractivity contribution < 1.29 is 9.72 Å². The Bertz CT molecular complexity index is 1300. The van der Waals surface area contributed by atoms with Gasteiger partial charge < -0.3 is 4.90 Å². The molecule has 0 saturated heterocycles. The van der Waals surface area contributed by atoms with Gasteiger partial charge >= 0.3 is 0 Å². The van der Waals surface area contributed by atoms with Crippen LogP contribution in [0.3, 0.4) is 0 Å². The molecule has 2 aromatic carbocycles. The second-order valence-electron chi connectivity index (χ2n) is 7.79. The van der Waals surface area contributed by atoms with Gasteiger partial charge in [0.25, 0.3) is 5.69 Å². The summed E-state index contributed by atoms with van der Waals surface area (Å²) in [4.78, 5) is 30.9. The molecule has 3 aromatic rings. The number of aromatic nitrogens is 2. The molecule has 8 nitrogen and oxygen atoms in total. The van der Waals surface area contributed by atoms with Crippen molar-refractivity contribution >= 4 is 52.0 Å². The predicted octanol–water partition coefficient (Wildman–Crippen LogP) is 5.00. The quantitative estimate of drug-likeness (QED) is 0.398. The minimum atomic E-state index is -0.624. The molecule has 1 aromatic heterocycles. The first kappa shape index (κ1) is 20.7. The number of hydrogen-bond donors (Lipinski definition) is 0. The molecule has 5 rings (SSSR count). The zero-order valence-electron chi connectivity index (χ0n) is 16.9. The van der Waals surface area contributed by atoms with Gasteiger partial charge in [0.2, 0.25) is 5.91 Å². The molecule has 2 aliphatic rings. The zero-order valence-corrected chi connectivity index (χ0v) is 18.4. The lowest BCUT2D eigenvalue weighted by atomic mass is 9.87. The van der Waals surface area contributed by atoms with Gasteiger partial charge in [0, 0.05) is 36.1 Å². The van der Waals surface area contributed by atoms with Gasteiger partial charge in [-0.1, -0.05) is 29.3 Å². The summed E-state index contributed by atoms with van der Waals surface area (Å²) in [7, 11) is 0. The standard InChI is InChI=1S/C22H17Cl2N5O3/c1-12-20(22(30)27-9-7-13-10-15(29(31)32)3-5-18(13)27)21(28-19(26-12)6-8-25-28)14-2-4-16(23)17(24)11-14/h2-6,8,10-11,20-21H,7,9H2,1H3. The highest BCUT2D eigenvalue weighted by molar-refractivity contribution is 6.42. The number of nitro benzene ring substituents is 1. The van der Waals surface area contributed by atoms with Crippen molar-refractivity contribution in [2.75, 3.05) is 11.4 Å². The molecule has 2 aliphatic heterocycles. The maximum Gasteiger partial charge on any atom is 0.269 e. The maximum atomic E-state index is 13.9. The van der Waals surface area contributed by atoms with Crippen molar-refractivity contribution in [1.29, 1.82) is 0 Å². The molecule has 0 fully saturated rings. The SMILES string of the molecule is CC1=Nc2ccnn2C(c2ccc(Cl)c(Cl)c2)C1C(=O)N1CCc2cc([N+](=O)[O-])ccc21. The van der Waals surface area contributed by atoms with E-state index in [1.807, 2.05) is 13.0 Å². The number of nitro groups is 1. The van der Waals surface area contributed by atoms with Crippen molar-refractivity contribution in [2.24, 2.45) is 10.9 Å². The molecule has 1 amide bonds. The van der Waals surface area contributed by atoms with E-state index in [1.54, 1.807) is 40.0 Å². The van der Waals surface area contributed by atoms with Crippen LogP contribution in [0.5, 0.6) is 0 Å². The summed E-state index contributed by atoms with van der Waals surface area (Å²) in [6.45, 7) is 2.27. The number of aliphatic imine (C=N–C) groups is 1. The molecular weight excluding hydrogens is 453 g/mol. The molecule has 10 heteroatoms. The van der Waals surface area contributed by atoms with E-state index in [0.717, 1.165) is 11.1 Å². The number of nitrogens with zero attached hydrogens (tertiary/aromatic N) is 5. The Morgan fingerprint density at radius 2 is 1.97 bits per heavy atom. The zero-order chi connectivity index (χ0) is 22.6. The summed E-state index contributed by atoms with van der Waals surface area (Å²) >= 11 is 12.4. The molecule has 3 heterocycles. The smallest absolute Gasteiger partial charge is 0.269 e. The highest BCUT2D eigenvalue weighted by Gasteiger charge is 2.42. The van der Waals surface area contributed by atoms with E-state index in [0.29, 0.717) is 40.2 Å². The van der Waals surface area contributed by atoms with E-state index in [2.05, 4.69) is 10.1 Å². The van der Waals surface area contributed by atoms with Gasteiger partial charge in [-0.15, -0.1) is 0 Å². The fraction of sp³-hybridized carbons (Fsp3) is 0.227. The van der Waals surface area contributed by atoms with E-state index in [9.17, 15) is 14.9 Å². The van der Waals surface area contributed by atoms with E-state index < -0.39 is 16.9 Å². The third-order valence-corrected chi connectivity index (χ3v) is 6.70. The van der Waals surface area contributed by atoms with Gasteiger partial charge in [-0.2, -0.15) is 5.10 Å². The second kappa shape index (κ2) is 7.72. The number of benzene rings is 2. The van der Waals surface area contributed by atoms with Gasteiger partial charge in [0.05, 0.1) is 27.2 Å². The minimum Gasteiger partial charge on any atom is -0.311 e. The number of anilines is 1. The second-order valence-corrected chi connectivity index (χ2v) is 8.61. The first-order chi connectivity index (χ1) is 15.3. The minimum absolute atomic E-state index is 0.0170. The van der Waals surface area contributed by atoms with Gasteiger partial charge in [-0.25, -0.2) is 9.67 Å². The lowest BCUT2D eigenvalue weighted by Crippen LogP contribution is -2.44. The molecule has 0 spiro atoms. The molecule has 162 valence electrons. The fourth-order valence-corrected chi connectivity index (χ4v) is 4.78. The van der Waals surface area contributed by atoms with Crippen LogP contribution in [-0.2, 0) is 11.2 Å². The number of hydrogen-bond acceptors (Lipinski definition) is 5. The number of carbonyl (C=O) groups excluding carboxylic acids is 1. The summed E-state index contributed by atoms with van der Waals surface area (Å²) in [5.74, 6) is -0.114. The predicted molar refractivity (Wildman–Crippen MR) is 122 cm³/mol. The van der Waals surface area contributed by atoms with Gasteiger partial charge in [0.15, 0.2) is 5.82 Å². The highest BCUT2D eigenvalue weighted by atomic mass is 35.5. The Kier molecular flexibility index (Phi) is 4.98. The molecule has 0 bridgehead atoms. The van der Waals surface area contributed by atoms with Crippen molar-refractivity contribution in [2.45, 2.75) is 19.4 Å². The van der Waals surface area contributed by atoms with Gasteiger partial charge in [-0.3, -0.25) is 14.9 Å². The van der Waals surface area contributed by atoms with Crippen LogP contribution in [0, 0.1) is 16.0 Å². The van der Waals surface area contributed by atoms with Crippen molar-refractivity contribution in [1.82, 2.24) is 9.78 Å².